The molecule has 23 heavy (non-hydrogen) atoms. The Morgan fingerprint density at radius 2 is 2.13 bits per heavy atom. The van der Waals surface area contributed by atoms with E-state index in [1.807, 2.05) is 31.2 Å². The van der Waals surface area contributed by atoms with Crippen LogP contribution in [0.15, 0.2) is 34.5 Å². The largest absolute Gasteiger partial charge is 0.494 e. The summed E-state index contributed by atoms with van der Waals surface area (Å²) in [7, 11) is 0. The number of anilines is 1. The van der Waals surface area contributed by atoms with Gasteiger partial charge in [0.1, 0.15) is 5.75 Å². The van der Waals surface area contributed by atoms with E-state index >= 15 is 0 Å². The highest BCUT2D eigenvalue weighted by molar-refractivity contribution is 7.99. The van der Waals surface area contributed by atoms with Gasteiger partial charge in [0.05, 0.1) is 12.8 Å². The van der Waals surface area contributed by atoms with Crippen molar-refractivity contribution in [3.8, 4) is 5.75 Å². The van der Waals surface area contributed by atoms with Crippen LogP contribution >= 0.6 is 11.8 Å². The summed E-state index contributed by atoms with van der Waals surface area (Å²) in [6.07, 6.45) is 6.90. The van der Waals surface area contributed by atoms with Gasteiger partial charge in [-0.1, -0.05) is 24.6 Å². The monoisotopic (exact) mass is 331 g/mol. The Morgan fingerprint density at radius 1 is 1.35 bits per heavy atom. The highest BCUT2D eigenvalue weighted by Gasteiger charge is 2.18. The lowest BCUT2D eigenvalue weighted by molar-refractivity contribution is 0.340. The van der Waals surface area contributed by atoms with Gasteiger partial charge in [-0.2, -0.15) is 10.1 Å². The zero-order chi connectivity index (χ0) is 15.9. The van der Waals surface area contributed by atoms with Gasteiger partial charge in [0.25, 0.3) is 0 Å². The smallest absolute Gasteiger partial charge is 0.240 e. The molecule has 0 bridgehead atoms. The lowest BCUT2D eigenvalue weighted by Crippen LogP contribution is -1.95. The molecular formula is C16H21N5OS. The van der Waals surface area contributed by atoms with Crippen LogP contribution in [0.5, 0.6) is 5.75 Å². The number of H-pyrrole nitrogens is 1. The van der Waals surface area contributed by atoms with Crippen LogP contribution in [0.3, 0.4) is 0 Å². The molecule has 1 aromatic heterocycles. The van der Waals surface area contributed by atoms with Crippen LogP contribution in [0.2, 0.25) is 0 Å². The Morgan fingerprint density at radius 3 is 2.87 bits per heavy atom. The van der Waals surface area contributed by atoms with Gasteiger partial charge in [-0.05, 0) is 49.6 Å². The minimum absolute atomic E-state index is 0.563. The Balaban J connectivity index is 1.50. The number of nitrogens with one attached hydrogen (secondary N) is 2. The second kappa shape index (κ2) is 8.01. The zero-order valence-corrected chi connectivity index (χ0v) is 14.0. The highest BCUT2D eigenvalue weighted by atomic mass is 32.2. The predicted molar refractivity (Wildman–Crippen MR) is 93.3 cm³/mol. The molecule has 2 aromatic rings. The molecule has 0 spiro atoms. The van der Waals surface area contributed by atoms with Gasteiger partial charge in [-0.25, -0.2) is 10.5 Å². The molecule has 122 valence electrons. The first-order valence-electron chi connectivity index (χ1n) is 7.94. The summed E-state index contributed by atoms with van der Waals surface area (Å²) in [5, 5.41) is 12.7. The molecule has 3 rings (SSSR count). The average Bonchev–Trinajstić information content (AvgIpc) is 3.22. The molecule has 1 heterocycles. The van der Waals surface area contributed by atoms with E-state index < -0.39 is 0 Å². The van der Waals surface area contributed by atoms with Crippen molar-refractivity contribution in [2.24, 2.45) is 5.10 Å². The summed E-state index contributed by atoms with van der Waals surface area (Å²) in [6.45, 7) is 2.64. The summed E-state index contributed by atoms with van der Waals surface area (Å²) in [5.74, 6) is 1.43. The van der Waals surface area contributed by atoms with Crippen LogP contribution < -0.4 is 10.2 Å². The highest BCUT2D eigenvalue weighted by Crippen LogP contribution is 2.33. The van der Waals surface area contributed by atoms with Crippen molar-refractivity contribution in [3.05, 3.63) is 29.8 Å². The van der Waals surface area contributed by atoms with Crippen LogP contribution in [-0.2, 0) is 0 Å². The normalized spacial score (nSPS) is 15.3. The van der Waals surface area contributed by atoms with Crippen molar-refractivity contribution in [3.63, 3.8) is 0 Å². The van der Waals surface area contributed by atoms with Gasteiger partial charge >= 0.3 is 0 Å². The fourth-order valence-electron chi connectivity index (χ4n) is 2.49. The summed E-state index contributed by atoms with van der Waals surface area (Å²) >= 11 is 1.75. The summed E-state index contributed by atoms with van der Waals surface area (Å²) in [6, 6.07) is 7.77. The third kappa shape index (κ3) is 4.72. The average molecular weight is 331 g/mol. The molecule has 1 fully saturated rings. The van der Waals surface area contributed by atoms with Crippen LogP contribution in [0.25, 0.3) is 0 Å². The van der Waals surface area contributed by atoms with Crippen molar-refractivity contribution in [2.45, 2.75) is 43.0 Å². The van der Waals surface area contributed by atoms with Gasteiger partial charge in [0.15, 0.2) is 0 Å². The predicted octanol–water partition coefficient (Wildman–Crippen LogP) is 3.68. The molecule has 7 heteroatoms. The van der Waals surface area contributed by atoms with Crippen molar-refractivity contribution in [2.75, 3.05) is 12.0 Å². The van der Waals surface area contributed by atoms with E-state index in [0.717, 1.165) is 16.5 Å². The van der Waals surface area contributed by atoms with E-state index in [-0.39, 0.29) is 0 Å². The number of hydrogen-bond donors (Lipinski definition) is 2. The maximum absolute atomic E-state index is 5.41. The van der Waals surface area contributed by atoms with Gasteiger partial charge in [0, 0.05) is 5.25 Å². The van der Waals surface area contributed by atoms with Gasteiger partial charge in [0.2, 0.25) is 11.1 Å². The van der Waals surface area contributed by atoms with E-state index in [0.29, 0.717) is 17.8 Å². The van der Waals surface area contributed by atoms with Crippen LogP contribution in [-0.4, -0.2) is 33.3 Å². The number of rotatable bonds is 7. The van der Waals surface area contributed by atoms with Crippen LogP contribution in [0.1, 0.15) is 38.2 Å². The minimum Gasteiger partial charge on any atom is -0.494 e. The van der Waals surface area contributed by atoms with Gasteiger partial charge < -0.3 is 4.74 Å². The number of aromatic nitrogens is 3. The van der Waals surface area contributed by atoms with Crippen molar-refractivity contribution in [1.29, 1.82) is 0 Å². The number of ether oxygens (including phenoxy) is 1. The fraction of sp³-hybridized carbons (Fsp3) is 0.438. The summed E-state index contributed by atoms with van der Waals surface area (Å²) in [5.41, 5.74) is 3.86. The summed E-state index contributed by atoms with van der Waals surface area (Å²) in [4.78, 5) is 4.39. The molecule has 1 saturated carbocycles. The van der Waals surface area contributed by atoms with Gasteiger partial charge in [-0.3, -0.25) is 0 Å². The Labute approximate surface area is 140 Å². The number of nitrogens with zero attached hydrogens (tertiary/aromatic N) is 3. The van der Waals surface area contributed by atoms with Crippen molar-refractivity contribution in [1.82, 2.24) is 15.2 Å². The van der Waals surface area contributed by atoms with E-state index in [4.69, 9.17) is 4.74 Å². The molecule has 0 saturated heterocycles. The molecule has 1 aromatic carbocycles. The zero-order valence-electron chi connectivity index (χ0n) is 13.2. The molecule has 6 nitrogen and oxygen atoms in total. The van der Waals surface area contributed by atoms with E-state index in [9.17, 15) is 0 Å². The van der Waals surface area contributed by atoms with Crippen molar-refractivity contribution < 1.29 is 4.74 Å². The third-order valence-corrected chi connectivity index (χ3v) is 4.81. The Kier molecular flexibility index (Phi) is 5.52. The van der Waals surface area contributed by atoms with Crippen LogP contribution in [0, 0.1) is 0 Å². The second-order valence-corrected chi connectivity index (χ2v) is 6.63. The maximum atomic E-state index is 5.41. The maximum Gasteiger partial charge on any atom is 0.240 e. The second-order valence-electron chi connectivity index (χ2n) is 5.36. The first-order chi connectivity index (χ1) is 11.3. The standard InChI is InChI=1S/C16H21N5OS/c1-2-22-13-9-7-12(8-10-13)11-17-19-15-18-16(21-20-15)23-14-5-3-4-6-14/h7-11,14H,2-6H2,1H3,(H2,18,19,20,21)/b17-11+. The number of aromatic amines is 1. The lowest BCUT2D eigenvalue weighted by atomic mass is 10.2. The number of hydrazone groups is 1. The molecule has 1 aliphatic rings. The van der Waals surface area contributed by atoms with E-state index in [2.05, 4.69) is 25.7 Å². The van der Waals surface area contributed by atoms with E-state index in [1.165, 1.54) is 25.7 Å². The molecule has 1 aliphatic carbocycles. The molecule has 0 unspecified atom stereocenters. The molecule has 2 N–H and O–H groups in total. The molecule has 0 amide bonds. The molecule has 0 aliphatic heterocycles. The topological polar surface area (TPSA) is 75.2 Å². The molecule has 0 atom stereocenters. The lowest BCUT2D eigenvalue weighted by Gasteiger charge is -2.02. The number of benzene rings is 1. The molecule has 0 radical (unpaired) electrons. The Hall–Kier alpha value is -2.02. The first-order valence-corrected chi connectivity index (χ1v) is 8.82. The number of thioether (sulfide) groups is 1. The third-order valence-electron chi connectivity index (χ3n) is 3.61. The van der Waals surface area contributed by atoms with Crippen molar-refractivity contribution >= 4 is 23.9 Å². The quantitative estimate of drug-likeness (QED) is 0.598. The Bertz CT molecular complexity index is 634. The first kappa shape index (κ1) is 15.9. The summed E-state index contributed by atoms with van der Waals surface area (Å²) < 4.78 is 5.41. The van der Waals surface area contributed by atoms with Gasteiger partial charge in [-0.15, -0.1) is 5.10 Å². The SMILES string of the molecule is CCOc1ccc(/C=N/Nc2nc(SC3CCCC3)n[nH]2)cc1. The molecular weight excluding hydrogens is 310 g/mol. The van der Waals surface area contributed by atoms with E-state index in [1.54, 1.807) is 18.0 Å². The van der Waals surface area contributed by atoms with Crippen LogP contribution in [0.4, 0.5) is 5.95 Å². The fourth-order valence-corrected chi connectivity index (χ4v) is 3.60. The minimum atomic E-state index is 0.563. The number of hydrogen-bond acceptors (Lipinski definition) is 6.